The Morgan fingerprint density at radius 2 is 1.60 bits per heavy atom. The number of nitrogens with one attached hydrogen (secondary N) is 2. The van der Waals surface area contributed by atoms with Gasteiger partial charge in [0.2, 0.25) is 5.91 Å². The van der Waals surface area contributed by atoms with Crippen LogP contribution in [0.2, 0.25) is 10.0 Å². The Hall–Kier alpha value is -6.56. The van der Waals surface area contributed by atoms with Crippen LogP contribution in [0, 0.1) is 13.8 Å². The van der Waals surface area contributed by atoms with E-state index in [1.807, 2.05) is 117 Å². The molecule has 1 aromatic heterocycles. The number of fused-ring (bicyclic) bond motifs is 2. The number of aromatic nitrogens is 1. The van der Waals surface area contributed by atoms with Gasteiger partial charge in [-0.3, -0.25) is 9.78 Å². The van der Waals surface area contributed by atoms with Crippen LogP contribution >= 0.6 is 23.2 Å². The van der Waals surface area contributed by atoms with Crippen molar-refractivity contribution in [2.45, 2.75) is 64.6 Å². The molecule has 13 heteroatoms. The predicted molar refractivity (Wildman–Crippen MR) is 237 cm³/mol. The number of benzene rings is 5. The number of pyridine rings is 1. The van der Waals surface area contributed by atoms with Gasteiger partial charge in [0.15, 0.2) is 17.6 Å². The first kappa shape index (κ1) is 42.1. The summed E-state index contributed by atoms with van der Waals surface area (Å²) in [5.41, 5.74) is 9.02. The molecule has 0 saturated heterocycles. The first-order valence-electron chi connectivity index (χ1n) is 20.2. The van der Waals surface area contributed by atoms with Crippen molar-refractivity contribution in [3.8, 4) is 28.4 Å². The second-order valence-corrected chi connectivity index (χ2v) is 16.3. The number of hydrogen-bond acceptors (Lipinski definition) is 7. The number of carbonyl (C=O) groups is 3. The lowest BCUT2D eigenvalue weighted by Gasteiger charge is -2.37. The number of halogens is 2. The third kappa shape index (κ3) is 9.64. The number of urea groups is 1. The number of carboxylic acids is 1. The van der Waals surface area contributed by atoms with E-state index in [0.29, 0.717) is 33.9 Å². The normalized spacial score (nSPS) is 15.8. The van der Waals surface area contributed by atoms with Gasteiger partial charge in [-0.25, -0.2) is 9.59 Å². The fraction of sp³-hybridized carbons (Fsp3) is 0.224. The monoisotopic (exact) mass is 870 g/mol. The van der Waals surface area contributed by atoms with E-state index in [1.165, 1.54) is 4.90 Å². The highest BCUT2D eigenvalue weighted by Crippen LogP contribution is 2.41. The van der Waals surface area contributed by atoms with Crippen LogP contribution in [0.1, 0.15) is 50.7 Å². The Morgan fingerprint density at radius 3 is 2.34 bits per heavy atom. The molecule has 3 amide bonds. The van der Waals surface area contributed by atoms with E-state index >= 15 is 0 Å². The minimum Gasteiger partial charge on any atom is -0.489 e. The lowest BCUT2D eigenvalue weighted by atomic mass is 9.92. The Balaban J connectivity index is 0.975. The Labute approximate surface area is 369 Å². The van der Waals surface area contributed by atoms with Gasteiger partial charge in [-0.05, 0) is 106 Å². The molecule has 2 aliphatic rings. The summed E-state index contributed by atoms with van der Waals surface area (Å²) in [5.74, 6) is -0.0493. The van der Waals surface area contributed by atoms with Gasteiger partial charge in [0.25, 0.3) is 0 Å². The molecule has 0 fully saturated rings. The molecule has 0 bridgehead atoms. The van der Waals surface area contributed by atoms with Crippen molar-refractivity contribution in [2.24, 2.45) is 0 Å². The molecule has 5 aromatic carbocycles. The molecular formula is C49H44Cl2N4O7. The highest BCUT2D eigenvalue weighted by molar-refractivity contribution is 6.42. The first-order chi connectivity index (χ1) is 30.0. The summed E-state index contributed by atoms with van der Waals surface area (Å²) in [6.07, 6.45) is 1.54. The highest BCUT2D eigenvalue weighted by atomic mass is 35.5. The smallest absolute Gasteiger partial charge is 0.326 e. The van der Waals surface area contributed by atoms with Crippen molar-refractivity contribution in [2.75, 3.05) is 6.61 Å². The maximum atomic E-state index is 14.2. The van der Waals surface area contributed by atoms with E-state index in [4.69, 9.17) is 37.4 Å². The van der Waals surface area contributed by atoms with E-state index in [-0.39, 0.29) is 32.5 Å². The van der Waals surface area contributed by atoms with Crippen LogP contribution in [0.25, 0.3) is 11.1 Å². The zero-order chi connectivity index (χ0) is 43.3. The van der Waals surface area contributed by atoms with E-state index in [1.54, 1.807) is 18.3 Å². The molecule has 0 aliphatic carbocycles. The first-order valence-corrected chi connectivity index (χ1v) is 21.0. The van der Waals surface area contributed by atoms with Crippen LogP contribution in [0.4, 0.5) is 4.79 Å². The summed E-state index contributed by atoms with van der Waals surface area (Å²) in [4.78, 5) is 46.6. The van der Waals surface area contributed by atoms with Crippen molar-refractivity contribution < 1.29 is 33.7 Å². The number of rotatable bonds is 12. The summed E-state index contributed by atoms with van der Waals surface area (Å²) >= 11 is 12.2. The van der Waals surface area contributed by atoms with Crippen LogP contribution < -0.4 is 24.8 Å². The third-order valence-electron chi connectivity index (χ3n) is 11.3. The Morgan fingerprint density at radius 1 is 0.855 bits per heavy atom. The molecule has 0 radical (unpaired) electrons. The average molecular weight is 872 g/mol. The molecule has 62 heavy (non-hydrogen) atoms. The minimum absolute atomic E-state index is 0.0492. The van der Waals surface area contributed by atoms with Crippen molar-refractivity contribution in [3.05, 3.63) is 176 Å². The number of ether oxygens (including phenoxy) is 3. The maximum Gasteiger partial charge on any atom is 0.326 e. The Bertz CT molecular complexity index is 2610. The summed E-state index contributed by atoms with van der Waals surface area (Å²) in [5, 5.41) is 17.0. The van der Waals surface area contributed by atoms with E-state index in [9.17, 15) is 19.5 Å². The lowest BCUT2D eigenvalue weighted by Crippen LogP contribution is -2.57. The van der Waals surface area contributed by atoms with Gasteiger partial charge < -0.3 is 34.9 Å². The largest absolute Gasteiger partial charge is 0.489 e. The average Bonchev–Trinajstić information content (AvgIpc) is 3.28. The number of aliphatic carboxylic acids is 1. The van der Waals surface area contributed by atoms with Crippen LogP contribution in [-0.2, 0) is 42.1 Å². The zero-order valence-electron chi connectivity index (χ0n) is 34.1. The quantitative estimate of drug-likeness (QED) is 0.111. The second-order valence-electron chi connectivity index (χ2n) is 15.5. The standard InChI is InChI=1S/C49H44Cl2N4O7/c1-29-30(2)52-19-18-39(29)34-11-8-31(9-12-34)21-42(48(57)58)54-47(56)43-22-36-23-44-45(24-37(36)26-55(43)49(59)53-25-32-6-4-3-5-7-32)62-46(28-61-44)35-13-15-38(16-14-35)60-27-33-10-17-40(50)41(51)20-33/h3-20,23-24,42-43,46H,21-22,25-28H2,1-2H3,(H,53,59)(H,54,56)(H,57,58)/t42-,43-,46+/m0/s1. The Kier molecular flexibility index (Phi) is 12.6. The molecule has 0 unspecified atom stereocenters. The fourth-order valence-electron chi connectivity index (χ4n) is 7.69. The van der Waals surface area contributed by atoms with Crippen molar-refractivity contribution in [3.63, 3.8) is 0 Å². The van der Waals surface area contributed by atoms with Gasteiger partial charge in [0, 0.05) is 37.8 Å². The number of carbonyl (C=O) groups excluding carboxylic acids is 2. The van der Waals surface area contributed by atoms with E-state index in [2.05, 4.69) is 15.6 Å². The number of nitrogens with zero attached hydrogens (tertiary/aromatic N) is 2. The van der Waals surface area contributed by atoms with Crippen molar-refractivity contribution in [1.82, 2.24) is 20.5 Å². The topological polar surface area (TPSA) is 139 Å². The predicted octanol–water partition coefficient (Wildman–Crippen LogP) is 9.21. The number of hydrogen-bond donors (Lipinski definition) is 3. The third-order valence-corrected chi connectivity index (χ3v) is 12.1. The number of carboxylic acid groups (broad SMARTS) is 1. The molecule has 8 rings (SSSR count). The molecule has 2 aliphatic heterocycles. The van der Waals surface area contributed by atoms with Crippen LogP contribution in [0.3, 0.4) is 0 Å². The molecular weight excluding hydrogens is 827 g/mol. The minimum atomic E-state index is -1.24. The summed E-state index contributed by atoms with van der Waals surface area (Å²) in [6, 6.07) is 33.0. The molecule has 3 N–H and O–H groups in total. The van der Waals surface area contributed by atoms with Gasteiger partial charge in [-0.15, -0.1) is 0 Å². The highest BCUT2D eigenvalue weighted by Gasteiger charge is 2.38. The van der Waals surface area contributed by atoms with Gasteiger partial charge in [-0.1, -0.05) is 96.0 Å². The summed E-state index contributed by atoms with van der Waals surface area (Å²) in [6.45, 7) is 4.86. The van der Waals surface area contributed by atoms with Gasteiger partial charge >= 0.3 is 12.0 Å². The molecule has 3 atom stereocenters. The van der Waals surface area contributed by atoms with Gasteiger partial charge in [0.05, 0.1) is 10.0 Å². The molecule has 316 valence electrons. The van der Waals surface area contributed by atoms with Crippen LogP contribution in [0.5, 0.6) is 17.2 Å². The van der Waals surface area contributed by atoms with Crippen molar-refractivity contribution >= 4 is 41.1 Å². The maximum absolute atomic E-state index is 14.2. The number of aryl methyl sites for hydroxylation is 1. The molecule has 11 nitrogen and oxygen atoms in total. The van der Waals surface area contributed by atoms with Gasteiger partial charge in [-0.2, -0.15) is 0 Å². The van der Waals surface area contributed by atoms with Gasteiger partial charge in [0.1, 0.15) is 31.0 Å². The molecule has 3 heterocycles. The molecule has 0 spiro atoms. The second kappa shape index (κ2) is 18.6. The fourth-order valence-corrected chi connectivity index (χ4v) is 8.01. The summed E-state index contributed by atoms with van der Waals surface area (Å²) < 4.78 is 18.7. The van der Waals surface area contributed by atoms with E-state index < -0.39 is 36.1 Å². The van der Waals surface area contributed by atoms with Crippen LogP contribution in [0.15, 0.2) is 121 Å². The molecule has 6 aromatic rings. The summed E-state index contributed by atoms with van der Waals surface area (Å²) in [7, 11) is 0. The van der Waals surface area contributed by atoms with E-state index in [0.717, 1.165) is 55.8 Å². The zero-order valence-corrected chi connectivity index (χ0v) is 35.6. The van der Waals surface area contributed by atoms with Crippen LogP contribution in [-0.4, -0.2) is 51.6 Å². The van der Waals surface area contributed by atoms with Crippen molar-refractivity contribution in [1.29, 1.82) is 0 Å². The number of amides is 3. The SMILES string of the molecule is Cc1nccc(-c2ccc(C[C@H](NC(=O)[C@@H]3Cc4cc5c(cc4CN3C(=O)NCc3ccccc3)O[C@@H](c3ccc(OCc4ccc(Cl)c(Cl)c4)cc3)CO5)C(=O)O)cc2)c1C. The lowest BCUT2D eigenvalue weighted by molar-refractivity contribution is -0.142. The molecule has 0 saturated carbocycles.